The van der Waals surface area contributed by atoms with Crippen molar-refractivity contribution in [3.8, 4) is 0 Å². The predicted molar refractivity (Wildman–Crippen MR) is 136 cm³/mol. The highest BCUT2D eigenvalue weighted by Gasteiger charge is 2.42. The van der Waals surface area contributed by atoms with Crippen molar-refractivity contribution in [3.63, 3.8) is 0 Å². The van der Waals surface area contributed by atoms with Crippen molar-refractivity contribution in [2.45, 2.75) is 44.7 Å². The van der Waals surface area contributed by atoms with Crippen LogP contribution >= 0.6 is 11.6 Å². The van der Waals surface area contributed by atoms with Gasteiger partial charge in [0.05, 0.1) is 10.5 Å². The molecule has 34 heavy (non-hydrogen) atoms. The van der Waals surface area contributed by atoms with Gasteiger partial charge in [-0.15, -0.1) is 0 Å². The molecular weight excluding hydrogens is 451 g/mol. The van der Waals surface area contributed by atoms with Crippen LogP contribution in [0.4, 0.5) is 21.7 Å². The molecule has 6 rings (SSSR count). The standard InChI is InChI=1S/C26H30ClFN6/c1-18-6-4-9-29-23(18)33-12-14-34(15-13-33)24-20-16-19(32-10-2-3-11-32)17-21(27)22(20)30-25(31-24)26(28)7-5-8-26/h4,6,9,16-17H,2-3,5,7-8,10-15H2,1H3. The number of alkyl halides is 1. The quantitative estimate of drug-likeness (QED) is 0.507. The first-order valence-corrected chi connectivity index (χ1v) is 12.8. The summed E-state index contributed by atoms with van der Waals surface area (Å²) >= 11 is 6.78. The van der Waals surface area contributed by atoms with E-state index in [0.717, 1.165) is 68.4 Å². The van der Waals surface area contributed by atoms with Crippen LogP contribution in [0.15, 0.2) is 30.5 Å². The molecule has 0 radical (unpaired) electrons. The van der Waals surface area contributed by atoms with Gasteiger partial charge in [0.2, 0.25) is 0 Å². The van der Waals surface area contributed by atoms with Gasteiger partial charge in [-0.05, 0) is 62.8 Å². The minimum Gasteiger partial charge on any atom is -0.371 e. The second-order valence-electron chi connectivity index (χ2n) is 9.83. The lowest BCUT2D eigenvalue weighted by molar-refractivity contribution is 0.0512. The molecule has 178 valence electrons. The van der Waals surface area contributed by atoms with Crippen molar-refractivity contribution >= 4 is 39.8 Å². The first-order valence-electron chi connectivity index (χ1n) is 12.4. The number of piperazine rings is 1. The molecular formula is C26H30ClFN6. The third kappa shape index (κ3) is 3.74. The predicted octanol–water partition coefficient (Wildman–Crippen LogP) is 5.26. The average molecular weight is 481 g/mol. The molecule has 0 spiro atoms. The Kier molecular flexibility index (Phi) is 5.47. The fourth-order valence-corrected chi connectivity index (χ4v) is 5.66. The molecule has 1 aliphatic carbocycles. The van der Waals surface area contributed by atoms with Crippen molar-refractivity contribution in [2.75, 3.05) is 54.0 Å². The van der Waals surface area contributed by atoms with Crippen molar-refractivity contribution in [1.82, 2.24) is 15.0 Å². The van der Waals surface area contributed by atoms with E-state index in [1.54, 1.807) is 0 Å². The number of fused-ring (bicyclic) bond motifs is 1. The zero-order valence-electron chi connectivity index (χ0n) is 19.6. The first-order chi connectivity index (χ1) is 16.5. The molecule has 2 aromatic heterocycles. The lowest BCUT2D eigenvalue weighted by atomic mass is 9.81. The summed E-state index contributed by atoms with van der Waals surface area (Å²) in [6, 6.07) is 8.22. The number of anilines is 3. The van der Waals surface area contributed by atoms with E-state index < -0.39 is 5.67 Å². The molecule has 0 unspecified atom stereocenters. The van der Waals surface area contributed by atoms with Crippen LogP contribution in [0.2, 0.25) is 5.02 Å². The van der Waals surface area contributed by atoms with Crippen LogP contribution in [0, 0.1) is 6.92 Å². The monoisotopic (exact) mass is 480 g/mol. The van der Waals surface area contributed by atoms with Crippen molar-refractivity contribution in [1.29, 1.82) is 0 Å². The number of nitrogens with zero attached hydrogens (tertiary/aromatic N) is 6. The molecule has 2 saturated heterocycles. The van der Waals surface area contributed by atoms with E-state index in [1.165, 1.54) is 18.4 Å². The second kappa shape index (κ2) is 8.52. The minimum absolute atomic E-state index is 0.292. The fourth-order valence-electron chi connectivity index (χ4n) is 5.41. The van der Waals surface area contributed by atoms with E-state index in [4.69, 9.17) is 16.6 Å². The van der Waals surface area contributed by atoms with Gasteiger partial charge in [0.1, 0.15) is 11.6 Å². The lowest BCUT2D eigenvalue weighted by Gasteiger charge is -2.38. The number of aryl methyl sites for hydroxylation is 1. The number of halogens is 2. The number of benzene rings is 1. The summed E-state index contributed by atoms with van der Waals surface area (Å²) in [7, 11) is 0. The van der Waals surface area contributed by atoms with Crippen LogP contribution in [0.5, 0.6) is 0 Å². The maximum absolute atomic E-state index is 15.5. The van der Waals surface area contributed by atoms with E-state index in [0.29, 0.717) is 29.2 Å². The molecule has 3 aromatic rings. The molecule has 4 heterocycles. The molecule has 8 heteroatoms. The van der Waals surface area contributed by atoms with E-state index in [2.05, 4.69) is 43.7 Å². The van der Waals surface area contributed by atoms with Gasteiger partial charge < -0.3 is 14.7 Å². The molecule has 0 bridgehead atoms. The van der Waals surface area contributed by atoms with Crippen LogP contribution < -0.4 is 14.7 Å². The molecule has 1 saturated carbocycles. The van der Waals surface area contributed by atoms with E-state index >= 15 is 4.39 Å². The maximum Gasteiger partial charge on any atom is 0.170 e. The van der Waals surface area contributed by atoms with Gasteiger partial charge in [0, 0.05) is 56.5 Å². The van der Waals surface area contributed by atoms with E-state index in [9.17, 15) is 0 Å². The first kappa shape index (κ1) is 21.8. The van der Waals surface area contributed by atoms with Gasteiger partial charge in [-0.2, -0.15) is 0 Å². The Hall–Kier alpha value is -2.67. The summed E-state index contributed by atoms with van der Waals surface area (Å²) in [6.45, 7) is 7.40. The molecule has 0 amide bonds. The van der Waals surface area contributed by atoms with Crippen molar-refractivity contribution < 1.29 is 4.39 Å². The normalized spacial score (nSPS) is 20.1. The summed E-state index contributed by atoms with van der Waals surface area (Å²) < 4.78 is 15.5. The summed E-state index contributed by atoms with van der Waals surface area (Å²) in [4.78, 5) is 21.1. The molecule has 6 nitrogen and oxygen atoms in total. The van der Waals surface area contributed by atoms with Gasteiger partial charge >= 0.3 is 0 Å². The van der Waals surface area contributed by atoms with Crippen molar-refractivity contribution in [2.24, 2.45) is 0 Å². The third-order valence-electron chi connectivity index (χ3n) is 7.60. The molecule has 0 atom stereocenters. The Balaban J connectivity index is 1.39. The van der Waals surface area contributed by atoms with Crippen LogP contribution in [0.25, 0.3) is 10.9 Å². The Bertz CT molecular complexity index is 1220. The Labute approximate surface area is 204 Å². The van der Waals surface area contributed by atoms with E-state index in [1.807, 2.05) is 18.3 Å². The van der Waals surface area contributed by atoms with Gasteiger partial charge in [-0.3, -0.25) is 0 Å². The van der Waals surface area contributed by atoms with E-state index in [-0.39, 0.29) is 0 Å². The molecule has 2 aliphatic heterocycles. The molecule has 3 aliphatic rings. The van der Waals surface area contributed by atoms with Gasteiger partial charge in [0.25, 0.3) is 0 Å². The largest absolute Gasteiger partial charge is 0.371 e. The molecule has 1 aromatic carbocycles. The van der Waals surface area contributed by atoms with Crippen molar-refractivity contribution in [3.05, 3.63) is 46.9 Å². The van der Waals surface area contributed by atoms with Crippen LogP contribution in [0.3, 0.4) is 0 Å². The van der Waals surface area contributed by atoms with Gasteiger partial charge in [-0.25, -0.2) is 19.3 Å². The number of hydrogen-bond acceptors (Lipinski definition) is 6. The number of rotatable bonds is 4. The fraction of sp³-hybridized carbons (Fsp3) is 0.500. The number of hydrogen-bond donors (Lipinski definition) is 0. The highest BCUT2D eigenvalue weighted by molar-refractivity contribution is 6.35. The zero-order chi connectivity index (χ0) is 23.3. The summed E-state index contributed by atoms with van der Waals surface area (Å²) in [5, 5.41) is 1.50. The Morgan fingerprint density at radius 2 is 1.59 bits per heavy atom. The highest BCUT2D eigenvalue weighted by atomic mass is 35.5. The number of aromatic nitrogens is 3. The van der Waals surface area contributed by atoms with Crippen LogP contribution in [-0.4, -0.2) is 54.2 Å². The topological polar surface area (TPSA) is 48.4 Å². The molecule has 3 fully saturated rings. The summed E-state index contributed by atoms with van der Waals surface area (Å²) in [6.07, 6.45) is 6.06. The average Bonchev–Trinajstić information content (AvgIpc) is 3.38. The summed E-state index contributed by atoms with van der Waals surface area (Å²) in [5.41, 5.74) is 1.51. The highest BCUT2D eigenvalue weighted by Crippen LogP contribution is 2.45. The third-order valence-corrected chi connectivity index (χ3v) is 7.89. The van der Waals surface area contributed by atoms with Crippen LogP contribution in [0.1, 0.15) is 43.5 Å². The maximum atomic E-state index is 15.5. The lowest BCUT2D eigenvalue weighted by Crippen LogP contribution is -2.47. The smallest absolute Gasteiger partial charge is 0.170 e. The van der Waals surface area contributed by atoms with Crippen LogP contribution in [-0.2, 0) is 5.67 Å². The minimum atomic E-state index is -1.44. The number of pyridine rings is 1. The zero-order valence-corrected chi connectivity index (χ0v) is 20.4. The SMILES string of the molecule is Cc1cccnc1N1CCN(c2nc(C3(F)CCC3)nc3c(Cl)cc(N4CCCC4)cc23)CC1. The van der Waals surface area contributed by atoms with Gasteiger partial charge in [-0.1, -0.05) is 17.7 Å². The Morgan fingerprint density at radius 3 is 2.24 bits per heavy atom. The second-order valence-corrected chi connectivity index (χ2v) is 10.2. The summed E-state index contributed by atoms with van der Waals surface area (Å²) in [5.74, 6) is 2.14. The van der Waals surface area contributed by atoms with Gasteiger partial charge in [0.15, 0.2) is 11.5 Å². The molecule has 0 N–H and O–H groups in total. The Morgan fingerprint density at radius 1 is 0.882 bits per heavy atom.